The van der Waals surface area contributed by atoms with E-state index in [1.54, 1.807) is 6.33 Å². The summed E-state index contributed by atoms with van der Waals surface area (Å²) < 4.78 is 8.07. The average molecular weight is 428 g/mol. The van der Waals surface area contributed by atoms with E-state index in [1.807, 2.05) is 18.2 Å². The number of hydrogen-bond acceptors (Lipinski definition) is 5. The number of aliphatic imine (C=N–C) groups is 1. The number of hydrogen-bond donors (Lipinski definition) is 2. The van der Waals surface area contributed by atoms with Crippen LogP contribution in [-0.4, -0.2) is 71.1 Å². The number of aryl methyl sites for hydroxylation is 1. The van der Waals surface area contributed by atoms with Gasteiger partial charge in [0.1, 0.15) is 12.2 Å². The van der Waals surface area contributed by atoms with Gasteiger partial charge in [0, 0.05) is 45.7 Å². The molecule has 1 aliphatic rings. The third-order valence-corrected chi connectivity index (χ3v) is 5.26. The van der Waals surface area contributed by atoms with Gasteiger partial charge >= 0.3 is 0 Å². The monoisotopic (exact) mass is 427 g/mol. The van der Waals surface area contributed by atoms with Crippen molar-refractivity contribution in [1.29, 1.82) is 0 Å². The van der Waals surface area contributed by atoms with E-state index >= 15 is 0 Å². The Labute approximate surface area is 186 Å². The normalized spacial score (nSPS) is 17.8. The van der Waals surface area contributed by atoms with Crippen molar-refractivity contribution in [3.63, 3.8) is 0 Å². The van der Waals surface area contributed by atoms with Gasteiger partial charge < -0.3 is 19.9 Å². The highest BCUT2D eigenvalue weighted by Gasteiger charge is 2.21. The Balaban J connectivity index is 1.54. The van der Waals surface area contributed by atoms with Gasteiger partial charge in [-0.25, -0.2) is 4.99 Å². The molecular weight excluding hydrogens is 390 g/mol. The van der Waals surface area contributed by atoms with Gasteiger partial charge in [-0.15, -0.1) is 10.2 Å². The summed E-state index contributed by atoms with van der Waals surface area (Å²) in [5, 5.41) is 15.1. The number of nitrogens with one attached hydrogen (secondary N) is 2. The molecule has 2 aromatic rings. The van der Waals surface area contributed by atoms with Gasteiger partial charge in [0.25, 0.3) is 0 Å². The number of benzene rings is 1. The molecule has 0 spiro atoms. The largest absolute Gasteiger partial charge is 0.374 e. The van der Waals surface area contributed by atoms with E-state index in [0.29, 0.717) is 12.5 Å². The van der Waals surface area contributed by atoms with E-state index < -0.39 is 0 Å². The Kier molecular flexibility index (Phi) is 9.30. The summed E-state index contributed by atoms with van der Waals surface area (Å²) in [4.78, 5) is 7.29. The molecule has 0 bridgehead atoms. The van der Waals surface area contributed by atoms with Crippen molar-refractivity contribution in [2.75, 3.05) is 39.3 Å². The molecule has 1 atom stereocenters. The first-order valence-electron chi connectivity index (χ1n) is 11.4. The van der Waals surface area contributed by atoms with Gasteiger partial charge in [-0.3, -0.25) is 4.90 Å². The summed E-state index contributed by atoms with van der Waals surface area (Å²) in [6, 6.07) is 10.3. The molecule has 1 aliphatic heterocycles. The van der Waals surface area contributed by atoms with Crippen molar-refractivity contribution in [3.8, 4) is 0 Å². The zero-order valence-electron chi connectivity index (χ0n) is 19.1. The number of guanidine groups is 1. The van der Waals surface area contributed by atoms with E-state index in [9.17, 15) is 0 Å². The molecule has 0 amide bonds. The molecule has 8 nitrogen and oxygen atoms in total. The van der Waals surface area contributed by atoms with Crippen LogP contribution in [0.25, 0.3) is 0 Å². The number of rotatable bonds is 10. The Bertz CT molecular complexity index is 790. The first-order valence-corrected chi connectivity index (χ1v) is 11.4. The lowest BCUT2D eigenvalue weighted by Gasteiger charge is -2.34. The highest BCUT2D eigenvalue weighted by atomic mass is 16.5. The third kappa shape index (κ3) is 7.95. The fraction of sp³-hybridized carbons (Fsp3) is 0.609. The van der Waals surface area contributed by atoms with Crippen LogP contribution < -0.4 is 10.6 Å². The van der Waals surface area contributed by atoms with Crippen LogP contribution in [0.15, 0.2) is 41.7 Å². The molecule has 0 saturated carbocycles. The molecule has 1 fully saturated rings. The predicted octanol–water partition coefficient (Wildman–Crippen LogP) is 1.93. The summed E-state index contributed by atoms with van der Waals surface area (Å²) in [7, 11) is 0. The molecule has 31 heavy (non-hydrogen) atoms. The van der Waals surface area contributed by atoms with Crippen LogP contribution in [0.1, 0.15) is 32.2 Å². The van der Waals surface area contributed by atoms with E-state index in [2.05, 4.69) is 63.2 Å². The van der Waals surface area contributed by atoms with E-state index in [-0.39, 0.29) is 6.10 Å². The molecule has 0 radical (unpaired) electrons. The first-order chi connectivity index (χ1) is 15.1. The second-order valence-electron chi connectivity index (χ2n) is 8.40. The van der Waals surface area contributed by atoms with Gasteiger partial charge in [-0.1, -0.05) is 51.1 Å². The molecule has 2 heterocycles. The minimum Gasteiger partial charge on any atom is -0.374 e. The summed E-state index contributed by atoms with van der Waals surface area (Å²) in [5.74, 6) is 2.47. The second-order valence-corrected chi connectivity index (χ2v) is 8.40. The maximum atomic E-state index is 5.99. The van der Waals surface area contributed by atoms with Crippen LogP contribution in [0, 0.1) is 5.92 Å². The Hall–Kier alpha value is -2.45. The zero-order valence-corrected chi connectivity index (χ0v) is 19.1. The van der Waals surface area contributed by atoms with E-state index in [1.165, 1.54) is 5.56 Å². The number of ether oxygens (including phenoxy) is 1. The highest BCUT2D eigenvalue weighted by Crippen LogP contribution is 2.07. The number of aromatic nitrogens is 3. The molecule has 8 heteroatoms. The smallest absolute Gasteiger partial charge is 0.191 e. The van der Waals surface area contributed by atoms with Crippen LogP contribution in [0.3, 0.4) is 0 Å². The fourth-order valence-corrected chi connectivity index (χ4v) is 3.76. The molecule has 1 aromatic heterocycles. The minimum absolute atomic E-state index is 0.167. The Morgan fingerprint density at radius 1 is 1.26 bits per heavy atom. The Morgan fingerprint density at radius 2 is 2.10 bits per heavy atom. The van der Waals surface area contributed by atoms with Gasteiger partial charge in [0.15, 0.2) is 5.96 Å². The van der Waals surface area contributed by atoms with Crippen LogP contribution in [0.4, 0.5) is 0 Å². The fourth-order valence-electron chi connectivity index (χ4n) is 3.76. The van der Waals surface area contributed by atoms with Crippen LogP contribution in [0.2, 0.25) is 0 Å². The molecular formula is C23H37N7O. The van der Waals surface area contributed by atoms with E-state index in [0.717, 1.165) is 64.1 Å². The van der Waals surface area contributed by atoms with Crippen molar-refractivity contribution < 1.29 is 4.74 Å². The summed E-state index contributed by atoms with van der Waals surface area (Å²) in [6.07, 6.45) is 2.83. The molecule has 1 aromatic carbocycles. The molecule has 170 valence electrons. The zero-order chi connectivity index (χ0) is 21.9. The quantitative estimate of drug-likeness (QED) is 0.446. The molecule has 1 saturated heterocycles. The lowest BCUT2D eigenvalue weighted by Crippen LogP contribution is -2.50. The van der Waals surface area contributed by atoms with Gasteiger partial charge in [0.05, 0.1) is 19.3 Å². The van der Waals surface area contributed by atoms with Crippen molar-refractivity contribution in [2.24, 2.45) is 10.9 Å². The third-order valence-electron chi connectivity index (χ3n) is 5.26. The van der Waals surface area contributed by atoms with Crippen molar-refractivity contribution in [1.82, 2.24) is 30.3 Å². The summed E-state index contributed by atoms with van der Waals surface area (Å²) in [5.41, 5.74) is 1.19. The summed E-state index contributed by atoms with van der Waals surface area (Å²) >= 11 is 0. The van der Waals surface area contributed by atoms with Crippen molar-refractivity contribution in [3.05, 3.63) is 48.0 Å². The molecule has 3 rings (SSSR count). The SMILES string of the molecule is CCc1nncn1CCNC(=NCc1ccccc1)NCC1CN(CC(C)C)CCO1. The standard InChI is InChI=1S/C23H37N7O/c1-4-22-28-27-18-30(22)11-10-24-23(25-14-20-8-6-5-7-9-20)26-15-21-17-29(12-13-31-21)16-19(2)3/h5-9,18-19,21H,4,10-17H2,1-3H3,(H2,24,25,26). The van der Waals surface area contributed by atoms with Gasteiger partial charge in [-0.05, 0) is 11.5 Å². The van der Waals surface area contributed by atoms with Gasteiger partial charge in [0.2, 0.25) is 0 Å². The predicted molar refractivity (Wildman–Crippen MR) is 124 cm³/mol. The maximum Gasteiger partial charge on any atom is 0.191 e. The van der Waals surface area contributed by atoms with E-state index in [4.69, 9.17) is 9.73 Å². The van der Waals surface area contributed by atoms with Crippen LogP contribution in [0.5, 0.6) is 0 Å². The number of nitrogens with zero attached hydrogens (tertiary/aromatic N) is 5. The molecule has 2 N–H and O–H groups in total. The molecule has 1 unspecified atom stereocenters. The highest BCUT2D eigenvalue weighted by molar-refractivity contribution is 5.79. The number of morpholine rings is 1. The van der Waals surface area contributed by atoms with Crippen molar-refractivity contribution in [2.45, 2.75) is 46.4 Å². The first kappa shape index (κ1) is 23.2. The van der Waals surface area contributed by atoms with Gasteiger partial charge in [-0.2, -0.15) is 0 Å². The molecule has 0 aliphatic carbocycles. The lowest BCUT2D eigenvalue weighted by atomic mass is 10.2. The van der Waals surface area contributed by atoms with Crippen LogP contribution in [-0.2, 0) is 24.2 Å². The Morgan fingerprint density at radius 3 is 2.87 bits per heavy atom. The minimum atomic E-state index is 0.167. The van der Waals surface area contributed by atoms with Crippen molar-refractivity contribution >= 4 is 5.96 Å². The lowest BCUT2D eigenvalue weighted by molar-refractivity contribution is -0.0284. The maximum absolute atomic E-state index is 5.99. The average Bonchev–Trinajstić information content (AvgIpc) is 3.23. The second kappa shape index (κ2) is 12.4. The topological polar surface area (TPSA) is 79.6 Å². The van der Waals surface area contributed by atoms with Crippen LogP contribution >= 0.6 is 0 Å². The summed E-state index contributed by atoms with van der Waals surface area (Å²) in [6.45, 7) is 13.4.